The summed E-state index contributed by atoms with van der Waals surface area (Å²) in [6.07, 6.45) is 2.70. The van der Waals surface area contributed by atoms with Crippen LogP contribution in [0.4, 0.5) is 16.0 Å². The molecule has 4 aromatic rings. The number of anilines is 2. The van der Waals surface area contributed by atoms with Crippen LogP contribution in [0.1, 0.15) is 23.0 Å². The lowest BCUT2D eigenvalue weighted by atomic mass is 10.2. The van der Waals surface area contributed by atoms with Gasteiger partial charge in [-0.15, -0.1) is 0 Å². The molecule has 0 aliphatic carbocycles. The number of ether oxygens (including phenoxy) is 1. The van der Waals surface area contributed by atoms with Gasteiger partial charge in [0.15, 0.2) is 0 Å². The van der Waals surface area contributed by atoms with Gasteiger partial charge in [-0.05, 0) is 48.9 Å². The molecule has 0 saturated carbocycles. The van der Waals surface area contributed by atoms with E-state index in [1.54, 1.807) is 43.3 Å². The van der Waals surface area contributed by atoms with Crippen LogP contribution in [0.15, 0.2) is 70.5 Å². The van der Waals surface area contributed by atoms with Gasteiger partial charge in [0.2, 0.25) is 11.8 Å². The van der Waals surface area contributed by atoms with Crippen molar-refractivity contribution in [1.82, 2.24) is 29.4 Å². The maximum absolute atomic E-state index is 13.3. The van der Waals surface area contributed by atoms with Gasteiger partial charge in [0.05, 0.1) is 18.9 Å². The molecule has 2 aromatic heterocycles. The van der Waals surface area contributed by atoms with E-state index >= 15 is 0 Å². The molecule has 0 unspecified atom stereocenters. The first-order valence-electron chi connectivity index (χ1n) is 10.9. The molecule has 0 spiro atoms. The minimum absolute atomic E-state index is 0.0387. The van der Waals surface area contributed by atoms with Gasteiger partial charge in [-0.3, -0.25) is 14.3 Å². The minimum Gasteiger partial charge on any atom is -0.437 e. The van der Waals surface area contributed by atoms with Gasteiger partial charge >= 0.3 is 11.4 Å². The van der Waals surface area contributed by atoms with Crippen LogP contribution in [0.5, 0.6) is 11.6 Å². The number of amides is 1. The number of nitrogens with one attached hydrogen (secondary N) is 2. The molecule has 0 radical (unpaired) electrons. The van der Waals surface area contributed by atoms with Crippen LogP contribution in [-0.2, 0) is 13.1 Å². The minimum atomic E-state index is -0.685. The highest BCUT2D eigenvalue weighted by Gasteiger charge is 2.14. The normalized spacial score (nSPS) is 10.6. The van der Waals surface area contributed by atoms with Crippen molar-refractivity contribution in [3.63, 3.8) is 0 Å². The van der Waals surface area contributed by atoms with Crippen LogP contribution < -0.4 is 26.7 Å². The molecule has 0 fully saturated rings. The summed E-state index contributed by atoms with van der Waals surface area (Å²) in [5.74, 6) is -0.194. The number of halogens is 1. The van der Waals surface area contributed by atoms with E-state index in [2.05, 4.69) is 25.6 Å². The number of hydrogen-bond donors (Lipinski definition) is 2. The number of carbonyl (C=O) groups excluding carboxylic acids is 1. The third kappa shape index (κ3) is 5.43. The van der Waals surface area contributed by atoms with Crippen molar-refractivity contribution in [1.29, 1.82) is 0 Å². The molecule has 36 heavy (non-hydrogen) atoms. The molecule has 0 bridgehead atoms. The van der Waals surface area contributed by atoms with Crippen molar-refractivity contribution in [3.05, 3.63) is 99.0 Å². The molecule has 2 aromatic carbocycles. The summed E-state index contributed by atoms with van der Waals surface area (Å²) in [4.78, 5) is 49.2. The van der Waals surface area contributed by atoms with E-state index in [9.17, 15) is 18.8 Å². The second-order valence-electron chi connectivity index (χ2n) is 7.53. The van der Waals surface area contributed by atoms with Crippen LogP contribution in [0, 0.1) is 5.82 Å². The summed E-state index contributed by atoms with van der Waals surface area (Å²) in [5, 5.41) is 5.45. The Morgan fingerprint density at radius 1 is 1.00 bits per heavy atom. The zero-order valence-corrected chi connectivity index (χ0v) is 19.4. The van der Waals surface area contributed by atoms with Gasteiger partial charge in [-0.25, -0.2) is 23.5 Å². The number of aromatic nitrogens is 5. The lowest BCUT2D eigenvalue weighted by molar-refractivity contribution is 0.0957. The standard InChI is InChI=1S/C24H22FN7O4/c1-3-31-23(34)30-22(32(24(31)35)14-15-4-6-16(25)7-5-15)28-17-8-10-18(11-9-17)36-20-13-27-12-19(29-20)21(33)26-2/h4-13H,3,14H2,1-2H3,(H,26,33)(H,28,30,34). The zero-order valence-electron chi connectivity index (χ0n) is 19.4. The summed E-state index contributed by atoms with van der Waals surface area (Å²) in [6, 6.07) is 12.3. The van der Waals surface area contributed by atoms with E-state index < -0.39 is 23.1 Å². The predicted octanol–water partition coefficient (Wildman–Crippen LogP) is 2.30. The van der Waals surface area contributed by atoms with E-state index in [1.807, 2.05) is 0 Å². The maximum atomic E-state index is 13.3. The van der Waals surface area contributed by atoms with Crippen molar-refractivity contribution in [2.24, 2.45) is 0 Å². The van der Waals surface area contributed by atoms with E-state index in [4.69, 9.17) is 4.74 Å². The molecule has 184 valence electrons. The van der Waals surface area contributed by atoms with Gasteiger partial charge in [-0.2, -0.15) is 4.98 Å². The third-order valence-corrected chi connectivity index (χ3v) is 5.13. The third-order valence-electron chi connectivity index (χ3n) is 5.13. The Bertz CT molecular complexity index is 1500. The second kappa shape index (κ2) is 10.6. The Morgan fingerprint density at radius 2 is 1.72 bits per heavy atom. The molecule has 2 N–H and O–H groups in total. The van der Waals surface area contributed by atoms with E-state index in [-0.39, 0.29) is 30.6 Å². The predicted molar refractivity (Wildman–Crippen MR) is 129 cm³/mol. The maximum Gasteiger partial charge on any atom is 0.354 e. The number of nitrogens with zero attached hydrogens (tertiary/aromatic N) is 5. The van der Waals surface area contributed by atoms with Crippen molar-refractivity contribution >= 4 is 17.5 Å². The second-order valence-corrected chi connectivity index (χ2v) is 7.53. The monoisotopic (exact) mass is 491 g/mol. The van der Waals surface area contributed by atoms with E-state index in [0.29, 0.717) is 17.0 Å². The number of hydrogen-bond acceptors (Lipinski definition) is 8. The number of rotatable bonds is 8. The van der Waals surface area contributed by atoms with Crippen molar-refractivity contribution < 1.29 is 13.9 Å². The highest BCUT2D eigenvalue weighted by Crippen LogP contribution is 2.22. The van der Waals surface area contributed by atoms with Crippen LogP contribution >= 0.6 is 0 Å². The smallest absolute Gasteiger partial charge is 0.354 e. The molecule has 4 rings (SSSR count). The van der Waals surface area contributed by atoms with E-state index in [0.717, 1.165) is 4.57 Å². The highest BCUT2D eigenvalue weighted by atomic mass is 19.1. The molecule has 0 aliphatic rings. The fourth-order valence-electron chi connectivity index (χ4n) is 3.30. The van der Waals surface area contributed by atoms with Gasteiger partial charge in [-0.1, -0.05) is 12.1 Å². The molecule has 0 saturated heterocycles. The molecule has 12 heteroatoms. The van der Waals surface area contributed by atoms with Crippen LogP contribution in [0.2, 0.25) is 0 Å². The highest BCUT2D eigenvalue weighted by molar-refractivity contribution is 5.91. The molecule has 2 heterocycles. The van der Waals surface area contributed by atoms with Gasteiger partial charge < -0.3 is 15.4 Å². The Balaban J connectivity index is 1.58. The molecular formula is C24H22FN7O4. The summed E-state index contributed by atoms with van der Waals surface area (Å²) in [7, 11) is 1.49. The summed E-state index contributed by atoms with van der Waals surface area (Å²) >= 11 is 0. The molecule has 1 amide bonds. The van der Waals surface area contributed by atoms with E-state index in [1.165, 1.54) is 36.1 Å². The Hall–Kier alpha value is -4.87. The SMILES string of the molecule is CCn1c(=O)nc(Nc2ccc(Oc3cncc(C(=O)NC)n3)cc2)n(Cc2ccc(F)cc2)c1=O. The lowest BCUT2D eigenvalue weighted by Crippen LogP contribution is -2.42. The molecule has 0 atom stereocenters. The van der Waals surface area contributed by atoms with Gasteiger partial charge in [0.25, 0.3) is 5.91 Å². The summed E-state index contributed by atoms with van der Waals surface area (Å²) < 4.78 is 21.3. The van der Waals surface area contributed by atoms with Crippen LogP contribution in [-0.4, -0.2) is 37.0 Å². The quantitative estimate of drug-likeness (QED) is 0.384. The van der Waals surface area contributed by atoms with Crippen molar-refractivity contribution in [2.45, 2.75) is 20.0 Å². The van der Waals surface area contributed by atoms with Crippen LogP contribution in [0.3, 0.4) is 0 Å². The van der Waals surface area contributed by atoms with Gasteiger partial charge in [0, 0.05) is 19.3 Å². The average Bonchev–Trinajstić information content (AvgIpc) is 2.88. The fraction of sp³-hybridized carbons (Fsp3) is 0.167. The van der Waals surface area contributed by atoms with Crippen molar-refractivity contribution in [3.8, 4) is 11.6 Å². The summed E-state index contributed by atoms with van der Waals surface area (Å²) in [6.45, 7) is 1.91. The Kier molecular flexibility index (Phi) is 7.14. The van der Waals surface area contributed by atoms with Crippen LogP contribution in [0.25, 0.3) is 0 Å². The largest absolute Gasteiger partial charge is 0.437 e. The zero-order chi connectivity index (χ0) is 25.7. The lowest BCUT2D eigenvalue weighted by Gasteiger charge is -2.15. The van der Waals surface area contributed by atoms with Gasteiger partial charge in [0.1, 0.15) is 17.3 Å². The topological polar surface area (TPSA) is 133 Å². The summed E-state index contributed by atoms with van der Waals surface area (Å²) in [5.41, 5.74) is 0.0727. The number of carbonyl (C=O) groups is 1. The Morgan fingerprint density at radius 3 is 2.39 bits per heavy atom. The number of benzene rings is 2. The first-order valence-corrected chi connectivity index (χ1v) is 10.9. The Labute approximate surface area is 204 Å². The van der Waals surface area contributed by atoms with Crippen molar-refractivity contribution in [2.75, 3.05) is 12.4 Å². The first-order chi connectivity index (χ1) is 17.4. The first kappa shape index (κ1) is 24.3. The molecule has 0 aliphatic heterocycles. The molecular weight excluding hydrogens is 469 g/mol. The fourth-order valence-corrected chi connectivity index (χ4v) is 3.30. The average molecular weight is 491 g/mol. The molecule has 11 nitrogen and oxygen atoms in total.